The van der Waals surface area contributed by atoms with Gasteiger partial charge in [-0.05, 0) is 36.2 Å². The molecule has 2 saturated heterocycles. The van der Waals surface area contributed by atoms with Crippen molar-refractivity contribution in [3.8, 4) is 5.75 Å². The molecule has 0 spiro atoms. The first kappa shape index (κ1) is 22.8. The molecule has 0 N–H and O–H groups in total. The fraction of sp³-hybridized carbons (Fsp3) is 0.391. The molecule has 0 unspecified atom stereocenters. The molecule has 2 atom stereocenters. The molecule has 4 rings (SSSR count). The van der Waals surface area contributed by atoms with Crippen molar-refractivity contribution in [2.45, 2.75) is 37.5 Å². The van der Waals surface area contributed by atoms with Crippen LogP contribution in [0.2, 0.25) is 0 Å². The van der Waals surface area contributed by atoms with Gasteiger partial charge in [0.05, 0.1) is 30.6 Å². The summed E-state index contributed by atoms with van der Waals surface area (Å²) >= 11 is 1.33. The van der Waals surface area contributed by atoms with Crippen LogP contribution >= 0.6 is 11.8 Å². The topological polar surface area (TPSA) is 76.0 Å². The van der Waals surface area contributed by atoms with Gasteiger partial charge in [0, 0.05) is 17.0 Å². The number of anilines is 1. The van der Waals surface area contributed by atoms with E-state index in [9.17, 15) is 17.6 Å². The Morgan fingerprint density at radius 2 is 2.00 bits per heavy atom. The number of ether oxygens (including phenoxy) is 1. The molecule has 2 heterocycles. The Labute approximate surface area is 191 Å². The van der Waals surface area contributed by atoms with Crippen LogP contribution in [0, 0.1) is 5.82 Å². The molecule has 0 radical (unpaired) electrons. The van der Waals surface area contributed by atoms with Crippen LogP contribution in [0.25, 0.3) is 0 Å². The van der Waals surface area contributed by atoms with Gasteiger partial charge in [-0.1, -0.05) is 43.3 Å². The normalized spacial score (nSPS) is 22.8. The summed E-state index contributed by atoms with van der Waals surface area (Å²) in [6.07, 6.45) is 2.01. The van der Waals surface area contributed by atoms with Gasteiger partial charge in [-0.2, -0.15) is 4.99 Å². The molecular formula is C23H25FN2O4S2. The Morgan fingerprint density at radius 1 is 1.22 bits per heavy atom. The number of benzene rings is 2. The molecule has 9 heteroatoms. The van der Waals surface area contributed by atoms with Gasteiger partial charge in [0.15, 0.2) is 15.0 Å². The summed E-state index contributed by atoms with van der Waals surface area (Å²) in [5.74, 6) is 0.0672. The first-order valence-corrected chi connectivity index (χ1v) is 13.3. The molecule has 0 aliphatic carbocycles. The summed E-state index contributed by atoms with van der Waals surface area (Å²) in [5.41, 5.74) is 1.42. The van der Waals surface area contributed by atoms with E-state index in [1.165, 1.54) is 23.9 Å². The highest BCUT2D eigenvalue weighted by Crippen LogP contribution is 2.41. The number of thioether (sulfide) groups is 1. The number of amides is 1. The monoisotopic (exact) mass is 476 g/mol. The Bertz CT molecular complexity index is 1120. The van der Waals surface area contributed by atoms with Crippen LogP contribution in [-0.4, -0.2) is 48.9 Å². The van der Waals surface area contributed by atoms with E-state index in [-0.39, 0.29) is 40.9 Å². The number of nitrogens with zero attached hydrogens (tertiary/aromatic N) is 2. The molecule has 2 aromatic rings. The highest BCUT2D eigenvalue weighted by atomic mass is 32.2. The number of fused-ring (bicyclic) bond motifs is 1. The first-order chi connectivity index (χ1) is 15.3. The van der Waals surface area contributed by atoms with E-state index in [1.807, 2.05) is 29.2 Å². The highest BCUT2D eigenvalue weighted by Gasteiger charge is 2.49. The van der Waals surface area contributed by atoms with Gasteiger partial charge in [0.2, 0.25) is 0 Å². The molecule has 2 aliphatic heterocycles. The predicted molar refractivity (Wildman–Crippen MR) is 126 cm³/mol. The van der Waals surface area contributed by atoms with Crippen molar-refractivity contribution in [3.05, 3.63) is 59.9 Å². The number of unbranched alkanes of at least 4 members (excludes halogenated alkanes) is 1. The summed E-state index contributed by atoms with van der Waals surface area (Å²) in [6.45, 7) is 2.69. The van der Waals surface area contributed by atoms with Crippen molar-refractivity contribution in [1.82, 2.24) is 0 Å². The number of halogens is 1. The second-order valence-electron chi connectivity index (χ2n) is 7.96. The van der Waals surface area contributed by atoms with E-state index in [4.69, 9.17) is 4.74 Å². The third-order valence-electron chi connectivity index (χ3n) is 5.42. The number of hydrogen-bond donors (Lipinski definition) is 0. The molecule has 2 aliphatic rings. The first-order valence-electron chi connectivity index (χ1n) is 10.6. The second kappa shape index (κ2) is 9.62. The Kier molecular flexibility index (Phi) is 6.85. The van der Waals surface area contributed by atoms with Crippen molar-refractivity contribution in [3.63, 3.8) is 0 Å². The number of aliphatic imine (C=N–C) groups is 1. The van der Waals surface area contributed by atoms with Gasteiger partial charge in [-0.15, -0.1) is 0 Å². The van der Waals surface area contributed by atoms with Crippen molar-refractivity contribution < 1.29 is 22.3 Å². The lowest BCUT2D eigenvalue weighted by Crippen LogP contribution is -2.37. The lowest BCUT2D eigenvalue weighted by atomic mass is 10.1. The van der Waals surface area contributed by atoms with E-state index >= 15 is 0 Å². The summed E-state index contributed by atoms with van der Waals surface area (Å²) in [5, 5.41) is 0.315. The molecule has 1 amide bonds. The zero-order valence-corrected chi connectivity index (χ0v) is 19.4. The van der Waals surface area contributed by atoms with Crippen LogP contribution in [-0.2, 0) is 21.1 Å². The SMILES string of the molecule is CCCCOc1cccc(N2C(=NC(=O)Cc3ccc(F)cc3)S[C@H]3CS(=O)(=O)C[C@H]32)c1. The van der Waals surface area contributed by atoms with Crippen LogP contribution in [0.3, 0.4) is 0 Å². The summed E-state index contributed by atoms with van der Waals surface area (Å²) in [7, 11) is -3.15. The molecule has 2 aromatic carbocycles. The van der Waals surface area contributed by atoms with E-state index in [0.29, 0.717) is 23.1 Å². The third-order valence-corrected chi connectivity index (χ3v) is 8.63. The number of rotatable bonds is 7. The average Bonchev–Trinajstić information content (AvgIpc) is 3.20. The van der Waals surface area contributed by atoms with Gasteiger partial charge in [-0.25, -0.2) is 12.8 Å². The van der Waals surface area contributed by atoms with Crippen LogP contribution in [0.1, 0.15) is 25.3 Å². The van der Waals surface area contributed by atoms with Gasteiger partial charge >= 0.3 is 0 Å². The molecule has 0 bridgehead atoms. The van der Waals surface area contributed by atoms with Crippen molar-refractivity contribution in [2.75, 3.05) is 23.0 Å². The molecular weight excluding hydrogens is 451 g/mol. The van der Waals surface area contributed by atoms with E-state index < -0.39 is 9.84 Å². The second-order valence-corrected chi connectivity index (χ2v) is 11.3. The highest BCUT2D eigenvalue weighted by molar-refractivity contribution is 8.16. The maximum Gasteiger partial charge on any atom is 0.252 e. The van der Waals surface area contributed by atoms with Gasteiger partial charge in [0.1, 0.15) is 11.6 Å². The standard InChI is InChI=1S/C23H25FN2O4S2/c1-2-3-11-30-19-6-4-5-18(13-19)26-20-14-32(28,29)15-21(20)31-23(26)25-22(27)12-16-7-9-17(24)10-8-16/h4-10,13,20-21H,2-3,11-12,14-15H2,1H3/t20-,21+/m1/s1. The summed E-state index contributed by atoms with van der Waals surface area (Å²) < 4.78 is 43.5. The predicted octanol–water partition coefficient (Wildman–Crippen LogP) is 3.85. The largest absolute Gasteiger partial charge is 0.494 e. The van der Waals surface area contributed by atoms with E-state index in [0.717, 1.165) is 18.5 Å². The Hall–Kier alpha value is -2.39. The zero-order chi connectivity index (χ0) is 22.7. The van der Waals surface area contributed by atoms with Gasteiger partial charge in [0.25, 0.3) is 5.91 Å². The quantitative estimate of drug-likeness (QED) is 0.565. The third kappa shape index (κ3) is 5.32. The van der Waals surface area contributed by atoms with Crippen molar-refractivity contribution in [1.29, 1.82) is 0 Å². The molecule has 2 fully saturated rings. The minimum Gasteiger partial charge on any atom is -0.494 e. The van der Waals surface area contributed by atoms with Crippen LogP contribution in [0.5, 0.6) is 5.75 Å². The van der Waals surface area contributed by atoms with Crippen molar-refractivity contribution >= 4 is 38.4 Å². The summed E-state index contributed by atoms with van der Waals surface area (Å²) in [4.78, 5) is 18.8. The maximum absolute atomic E-state index is 13.1. The van der Waals surface area contributed by atoms with Gasteiger partial charge in [-0.3, -0.25) is 4.79 Å². The minimum atomic E-state index is -3.15. The zero-order valence-electron chi connectivity index (χ0n) is 17.7. The molecule has 170 valence electrons. The number of carbonyl (C=O) groups excluding carboxylic acids is 1. The van der Waals surface area contributed by atoms with Crippen LogP contribution < -0.4 is 9.64 Å². The Morgan fingerprint density at radius 3 is 2.75 bits per heavy atom. The van der Waals surface area contributed by atoms with Crippen LogP contribution in [0.4, 0.5) is 10.1 Å². The number of sulfone groups is 1. The average molecular weight is 477 g/mol. The lowest BCUT2D eigenvalue weighted by molar-refractivity contribution is -0.117. The number of carbonyl (C=O) groups is 1. The van der Waals surface area contributed by atoms with Crippen molar-refractivity contribution in [2.24, 2.45) is 4.99 Å². The fourth-order valence-corrected chi connectivity index (χ4v) is 7.78. The molecule has 6 nitrogen and oxygen atoms in total. The smallest absolute Gasteiger partial charge is 0.252 e. The van der Waals surface area contributed by atoms with E-state index in [2.05, 4.69) is 11.9 Å². The minimum absolute atomic E-state index is 0.0246. The summed E-state index contributed by atoms with van der Waals surface area (Å²) in [6, 6.07) is 12.9. The maximum atomic E-state index is 13.1. The fourth-order valence-electron chi connectivity index (χ4n) is 3.85. The Balaban J connectivity index is 1.60. The molecule has 0 aromatic heterocycles. The van der Waals surface area contributed by atoms with Crippen LogP contribution in [0.15, 0.2) is 53.5 Å². The van der Waals surface area contributed by atoms with E-state index in [1.54, 1.807) is 12.1 Å². The number of amidine groups is 1. The molecule has 0 saturated carbocycles. The van der Waals surface area contributed by atoms with Gasteiger partial charge < -0.3 is 9.64 Å². The molecule has 32 heavy (non-hydrogen) atoms. The number of hydrogen-bond acceptors (Lipinski definition) is 5. The lowest BCUT2D eigenvalue weighted by Gasteiger charge is -2.25.